The van der Waals surface area contributed by atoms with E-state index in [0.717, 1.165) is 11.8 Å². The molecule has 6 heteroatoms. The maximum absolute atomic E-state index is 12.0. The quantitative estimate of drug-likeness (QED) is 0.901. The largest absolute Gasteiger partial charge is 0.508 e. The fourth-order valence-electron chi connectivity index (χ4n) is 1.82. The molecule has 110 valence electrons. The Balaban J connectivity index is 2.11. The summed E-state index contributed by atoms with van der Waals surface area (Å²) in [4.78, 5) is 12.1. The van der Waals surface area contributed by atoms with Crippen LogP contribution in [-0.2, 0) is 16.4 Å². The number of carbonyl (C=O) groups excluding carboxylic acids is 1. The maximum Gasteiger partial charge on any atom is 0.251 e. The van der Waals surface area contributed by atoms with Gasteiger partial charge in [-0.1, -0.05) is 18.2 Å². The highest BCUT2D eigenvalue weighted by molar-refractivity contribution is 7.90. The molecule has 2 aromatic rings. The summed E-state index contributed by atoms with van der Waals surface area (Å²) < 4.78 is 22.9. The zero-order chi connectivity index (χ0) is 15.5. The van der Waals surface area contributed by atoms with Gasteiger partial charge in [-0.2, -0.15) is 0 Å². The highest BCUT2D eigenvalue weighted by atomic mass is 32.2. The van der Waals surface area contributed by atoms with Gasteiger partial charge in [0.15, 0.2) is 9.84 Å². The van der Waals surface area contributed by atoms with Crippen LogP contribution in [0.5, 0.6) is 5.75 Å². The lowest BCUT2D eigenvalue weighted by atomic mass is 10.2. The van der Waals surface area contributed by atoms with Crippen LogP contribution in [0.25, 0.3) is 0 Å². The molecular weight excluding hydrogens is 290 g/mol. The smallest absolute Gasteiger partial charge is 0.251 e. The van der Waals surface area contributed by atoms with Crippen molar-refractivity contribution in [2.75, 3.05) is 6.26 Å². The van der Waals surface area contributed by atoms with Gasteiger partial charge in [0.05, 0.1) is 4.90 Å². The minimum Gasteiger partial charge on any atom is -0.508 e. The summed E-state index contributed by atoms with van der Waals surface area (Å²) in [7, 11) is -3.34. The minimum absolute atomic E-state index is 0.104. The third-order valence-corrected chi connectivity index (χ3v) is 4.00. The van der Waals surface area contributed by atoms with Crippen molar-refractivity contribution in [1.29, 1.82) is 0 Å². The predicted octanol–water partition coefficient (Wildman–Crippen LogP) is 1.73. The Labute approximate surface area is 123 Å². The first-order chi connectivity index (χ1) is 9.86. The lowest BCUT2D eigenvalue weighted by Gasteiger charge is -2.07. The molecule has 21 heavy (non-hydrogen) atoms. The van der Waals surface area contributed by atoms with Crippen LogP contribution < -0.4 is 5.32 Å². The van der Waals surface area contributed by atoms with E-state index in [0.29, 0.717) is 0 Å². The molecule has 0 radical (unpaired) electrons. The number of hydrogen-bond donors (Lipinski definition) is 2. The molecule has 0 aliphatic carbocycles. The molecule has 0 unspecified atom stereocenters. The molecule has 0 heterocycles. The standard InChI is InChI=1S/C15H15NO4S/c1-21(19,20)14-7-3-5-12(9-14)15(18)16-10-11-4-2-6-13(17)8-11/h2-9,17H,10H2,1H3,(H,16,18). The van der Waals surface area contributed by atoms with Gasteiger partial charge in [-0.15, -0.1) is 0 Å². The maximum atomic E-state index is 12.0. The van der Waals surface area contributed by atoms with E-state index in [4.69, 9.17) is 0 Å². The summed E-state index contributed by atoms with van der Waals surface area (Å²) >= 11 is 0. The zero-order valence-electron chi connectivity index (χ0n) is 11.4. The number of phenols is 1. The topological polar surface area (TPSA) is 83.5 Å². The zero-order valence-corrected chi connectivity index (χ0v) is 12.2. The average Bonchev–Trinajstić information content (AvgIpc) is 2.44. The average molecular weight is 305 g/mol. The van der Waals surface area contributed by atoms with Gasteiger partial charge in [-0.25, -0.2) is 8.42 Å². The molecule has 5 nitrogen and oxygen atoms in total. The number of hydrogen-bond acceptors (Lipinski definition) is 4. The molecule has 0 bridgehead atoms. The molecule has 0 saturated carbocycles. The van der Waals surface area contributed by atoms with E-state index in [2.05, 4.69) is 5.32 Å². The number of carbonyl (C=O) groups is 1. The van der Waals surface area contributed by atoms with Crippen molar-refractivity contribution in [3.63, 3.8) is 0 Å². The Kier molecular flexibility index (Phi) is 4.28. The van der Waals surface area contributed by atoms with Crippen molar-refractivity contribution in [3.8, 4) is 5.75 Å². The third kappa shape index (κ3) is 4.06. The Morgan fingerprint density at radius 1 is 1.14 bits per heavy atom. The number of aromatic hydroxyl groups is 1. The number of sulfone groups is 1. The van der Waals surface area contributed by atoms with Gasteiger partial charge in [-0.3, -0.25) is 4.79 Å². The van der Waals surface area contributed by atoms with Crippen LogP contribution in [0.15, 0.2) is 53.4 Å². The van der Waals surface area contributed by atoms with Gasteiger partial charge in [-0.05, 0) is 35.9 Å². The summed E-state index contributed by atoms with van der Waals surface area (Å²) in [6.07, 6.45) is 1.09. The number of benzene rings is 2. The van der Waals surface area contributed by atoms with Gasteiger partial charge >= 0.3 is 0 Å². The van der Waals surface area contributed by atoms with Crippen LogP contribution in [0.1, 0.15) is 15.9 Å². The van der Waals surface area contributed by atoms with Crippen LogP contribution >= 0.6 is 0 Å². The SMILES string of the molecule is CS(=O)(=O)c1cccc(C(=O)NCc2cccc(O)c2)c1. The van der Waals surface area contributed by atoms with Crippen LogP contribution in [0.3, 0.4) is 0 Å². The summed E-state index contributed by atoms with van der Waals surface area (Å²) in [5.41, 5.74) is 1.03. The lowest BCUT2D eigenvalue weighted by Crippen LogP contribution is -2.22. The van der Waals surface area contributed by atoms with Crippen molar-refractivity contribution >= 4 is 15.7 Å². The molecule has 0 saturated heterocycles. The molecule has 0 aliphatic heterocycles. The molecule has 2 aromatic carbocycles. The Bertz CT molecular complexity index is 769. The van der Waals surface area contributed by atoms with Crippen molar-refractivity contribution in [2.45, 2.75) is 11.4 Å². The van der Waals surface area contributed by atoms with E-state index >= 15 is 0 Å². The summed E-state index contributed by atoms with van der Waals surface area (Å²) in [5, 5.41) is 12.0. The first-order valence-corrected chi connectivity index (χ1v) is 8.11. The number of rotatable bonds is 4. The second-order valence-corrected chi connectivity index (χ2v) is 6.67. The van der Waals surface area contributed by atoms with Gasteiger partial charge in [0.2, 0.25) is 0 Å². The summed E-state index contributed by atoms with van der Waals surface area (Å²) in [5.74, 6) is -0.246. The van der Waals surface area contributed by atoms with Gasteiger partial charge in [0.25, 0.3) is 5.91 Å². The first kappa shape index (κ1) is 15.1. The molecule has 0 aliphatic rings. The molecule has 2 rings (SSSR count). The van der Waals surface area contributed by atoms with Gasteiger partial charge in [0.1, 0.15) is 5.75 Å². The van der Waals surface area contributed by atoms with Crippen LogP contribution in [-0.4, -0.2) is 25.7 Å². The lowest BCUT2D eigenvalue weighted by molar-refractivity contribution is 0.0950. The Morgan fingerprint density at radius 2 is 1.86 bits per heavy atom. The molecule has 0 fully saturated rings. The fourth-order valence-corrected chi connectivity index (χ4v) is 2.49. The summed E-state index contributed by atoms with van der Waals surface area (Å²) in [6, 6.07) is 12.4. The number of amides is 1. The van der Waals surface area contributed by atoms with Crippen LogP contribution in [0, 0.1) is 0 Å². The highest BCUT2D eigenvalue weighted by Gasteiger charge is 2.11. The van der Waals surface area contributed by atoms with E-state index in [-0.39, 0.29) is 28.7 Å². The van der Waals surface area contributed by atoms with Gasteiger partial charge < -0.3 is 10.4 Å². The third-order valence-electron chi connectivity index (χ3n) is 2.89. The summed E-state index contributed by atoms with van der Waals surface area (Å²) in [6.45, 7) is 0.246. The second kappa shape index (κ2) is 5.97. The molecular formula is C15H15NO4S. The van der Waals surface area contributed by atoms with Crippen molar-refractivity contribution in [3.05, 3.63) is 59.7 Å². The Morgan fingerprint density at radius 3 is 2.52 bits per heavy atom. The fraction of sp³-hybridized carbons (Fsp3) is 0.133. The van der Waals surface area contributed by atoms with E-state index in [9.17, 15) is 18.3 Å². The van der Waals surface area contributed by atoms with Crippen molar-refractivity contribution < 1.29 is 18.3 Å². The Hall–Kier alpha value is -2.34. The molecule has 0 atom stereocenters. The van der Waals surface area contributed by atoms with Crippen LogP contribution in [0.4, 0.5) is 0 Å². The number of nitrogens with one attached hydrogen (secondary N) is 1. The molecule has 1 amide bonds. The van der Waals surface area contributed by atoms with Crippen molar-refractivity contribution in [1.82, 2.24) is 5.32 Å². The number of phenolic OH excluding ortho intramolecular Hbond substituents is 1. The normalized spacial score (nSPS) is 11.1. The molecule has 0 aromatic heterocycles. The van der Waals surface area contributed by atoms with E-state index in [1.165, 1.54) is 18.2 Å². The second-order valence-electron chi connectivity index (χ2n) is 4.65. The van der Waals surface area contributed by atoms with Crippen LogP contribution in [0.2, 0.25) is 0 Å². The first-order valence-electron chi connectivity index (χ1n) is 6.22. The monoisotopic (exact) mass is 305 g/mol. The van der Waals surface area contributed by atoms with E-state index in [1.54, 1.807) is 30.3 Å². The highest BCUT2D eigenvalue weighted by Crippen LogP contribution is 2.13. The van der Waals surface area contributed by atoms with Crippen molar-refractivity contribution in [2.24, 2.45) is 0 Å². The molecule has 0 spiro atoms. The van der Waals surface area contributed by atoms with E-state index < -0.39 is 9.84 Å². The van der Waals surface area contributed by atoms with E-state index in [1.807, 2.05) is 0 Å². The minimum atomic E-state index is -3.34. The predicted molar refractivity (Wildman–Crippen MR) is 78.8 cm³/mol. The molecule has 2 N–H and O–H groups in total. The van der Waals surface area contributed by atoms with Gasteiger partial charge in [0, 0.05) is 18.4 Å².